The zero-order chi connectivity index (χ0) is 21.3. The molecule has 1 saturated carbocycles. The van der Waals surface area contributed by atoms with Gasteiger partial charge in [-0.3, -0.25) is 9.36 Å². The summed E-state index contributed by atoms with van der Waals surface area (Å²) < 4.78 is 7.96. The number of hydrogen-bond donors (Lipinski definition) is 1. The second kappa shape index (κ2) is 11.2. The minimum atomic E-state index is 0.0632. The van der Waals surface area contributed by atoms with E-state index in [4.69, 9.17) is 4.74 Å². The number of carbonyl (C=O) groups is 1. The number of benzene rings is 1. The van der Waals surface area contributed by atoms with Crippen LogP contribution in [0.4, 0.5) is 0 Å². The van der Waals surface area contributed by atoms with Crippen LogP contribution in [0.25, 0.3) is 0 Å². The lowest BCUT2D eigenvalue weighted by Crippen LogP contribution is -2.35. The van der Waals surface area contributed by atoms with Crippen LogP contribution in [0, 0.1) is 13.8 Å². The van der Waals surface area contributed by atoms with Gasteiger partial charge < -0.3 is 10.1 Å². The molecular formula is C23H32N4O2S. The predicted octanol–water partition coefficient (Wildman–Crippen LogP) is 4.59. The number of aromatic nitrogens is 3. The average Bonchev–Trinajstić information content (AvgIpc) is 2.93. The van der Waals surface area contributed by atoms with Crippen molar-refractivity contribution in [2.75, 3.05) is 5.75 Å². The van der Waals surface area contributed by atoms with Gasteiger partial charge in [-0.1, -0.05) is 55.7 Å². The van der Waals surface area contributed by atoms with E-state index >= 15 is 0 Å². The van der Waals surface area contributed by atoms with Crippen LogP contribution in [0.3, 0.4) is 0 Å². The molecule has 162 valence electrons. The van der Waals surface area contributed by atoms with Crippen molar-refractivity contribution in [2.24, 2.45) is 0 Å². The van der Waals surface area contributed by atoms with Crippen molar-refractivity contribution in [3.05, 3.63) is 47.8 Å². The lowest BCUT2D eigenvalue weighted by molar-refractivity contribution is -0.119. The summed E-state index contributed by atoms with van der Waals surface area (Å²) in [5.74, 6) is 1.97. The fourth-order valence-corrected chi connectivity index (χ4v) is 4.47. The molecule has 1 aliphatic carbocycles. The average molecular weight is 429 g/mol. The van der Waals surface area contributed by atoms with Gasteiger partial charge in [0.15, 0.2) is 11.0 Å². The second-order valence-corrected chi connectivity index (χ2v) is 8.77. The lowest BCUT2D eigenvalue weighted by Gasteiger charge is -2.16. The van der Waals surface area contributed by atoms with E-state index in [1.54, 1.807) is 6.08 Å². The minimum Gasteiger partial charge on any atom is -0.485 e. The van der Waals surface area contributed by atoms with Gasteiger partial charge in [-0.25, -0.2) is 0 Å². The Bertz CT molecular complexity index is 857. The molecule has 1 heterocycles. The first-order valence-corrected chi connectivity index (χ1v) is 11.7. The Morgan fingerprint density at radius 2 is 2.03 bits per heavy atom. The fourth-order valence-electron chi connectivity index (χ4n) is 3.69. The molecule has 1 amide bonds. The number of amides is 1. The first-order valence-electron chi connectivity index (χ1n) is 10.7. The van der Waals surface area contributed by atoms with Crippen molar-refractivity contribution in [2.45, 2.75) is 76.7 Å². The molecule has 0 radical (unpaired) electrons. The first-order chi connectivity index (χ1) is 14.6. The van der Waals surface area contributed by atoms with Gasteiger partial charge in [0, 0.05) is 12.6 Å². The lowest BCUT2D eigenvalue weighted by atomic mass is 10.1. The Balaban J connectivity index is 1.58. The van der Waals surface area contributed by atoms with Crippen LogP contribution in [0.1, 0.15) is 55.5 Å². The van der Waals surface area contributed by atoms with Crippen molar-refractivity contribution in [3.8, 4) is 5.75 Å². The summed E-state index contributed by atoms with van der Waals surface area (Å²) in [5.41, 5.74) is 2.31. The van der Waals surface area contributed by atoms with Crippen LogP contribution in [0.2, 0.25) is 0 Å². The molecule has 1 aliphatic rings. The number of ether oxygens (including phenoxy) is 1. The fraction of sp³-hybridized carbons (Fsp3) is 0.522. The first kappa shape index (κ1) is 22.4. The molecule has 0 spiro atoms. The normalized spacial score (nSPS) is 14.9. The molecule has 6 nitrogen and oxygen atoms in total. The monoisotopic (exact) mass is 428 g/mol. The zero-order valence-corrected chi connectivity index (χ0v) is 18.8. The summed E-state index contributed by atoms with van der Waals surface area (Å²) in [4.78, 5) is 12.4. The highest BCUT2D eigenvalue weighted by molar-refractivity contribution is 7.99. The van der Waals surface area contributed by atoms with E-state index in [1.165, 1.54) is 43.0 Å². The quantitative estimate of drug-likeness (QED) is 0.359. The summed E-state index contributed by atoms with van der Waals surface area (Å²) in [6.07, 6.45) is 8.94. The molecule has 1 aromatic heterocycles. The number of nitrogens with zero attached hydrogens (tertiary/aromatic N) is 3. The maximum atomic E-state index is 12.4. The third kappa shape index (κ3) is 6.11. The summed E-state index contributed by atoms with van der Waals surface area (Å²) in [5, 5.41) is 12.5. The van der Waals surface area contributed by atoms with Gasteiger partial charge in [0.2, 0.25) is 5.91 Å². The number of carbonyl (C=O) groups excluding carboxylic acids is 1. The zero-order valence-electron chi connectivity index (χ0n) is 18.0. The highest BCUT2D eigenvalue weighted by atomic mass is 32.2. The minimum absolute atomic E-state index is 0.0632. The Labute approximate surface area is 183 Å². The van der Waals surface area contributed by atoms with Gasteiger partial charge in [-0.2, -0.15) is 0 Å². The summed E-state index contributed by atoms with van der Waals surface area (Å²) in [6.45, 7) is 8.85. The number of hydrogen-bond acceptors (Lipinski definition) is 5. The molecule has 1 N–H and O–H groups in total. The highest BCUT2D eigenvalue weighted by Gasteiger charge is 2.17. The van der Waals surface area contributed by atoms with Gasteiger partial charge in [0.1, 0.15) is 12.4 Å². The van der Waals surface area contributed by atoms with Crippen LogP contribution >= 0.6 is 11.8 Å². The Morgan fingerprint density at radius 1 is 1.27 bits per heavy atom. The molecule has 2 aromatic rings. The van der Waals surface area contributed by atoms with Gasteiger partial charge in [-0.05, 0) is 43.9 Å². The second-order valence-electron chi connectivity index (χ2n) is 7.83. The molecule has 0 aliphatic heterocycles. The number of thioether (sulfide) groups is 1. The van der Waals surface area contributed by atoms with Gasteiger partial charge >= 0.3 is 0 Å². The van der Waals surface area contributed by atoms with Crippen LogP contribution < -0.4 is 10.1 Å². The largest absolute Gasteiger partial charge is 0.485 e. The molecular weight excluding hydrogens is 396 g/mol. The maximum absolute atomic E-state index is 12.4. The molecule has 7 heteroatoms. The summed E-state index contributed by atoms with van der Waals surface area (Å²) >= 11 is 1.41. The Hall–Kier alpha value is -2.28. The molecule has 0 saturated heterocycles. The van der Waals surface area contributed by atoms with E-state index in [2.05, 4.69) is 35.1 Å². The van der Waals surface area contributed by atoms with Crippen LogP contribution in [0.5, 0.6) is 5.75 Å². The van der Waals surface area contributed by atoms with Crippen molar-refractivity contribution in [1.82, 2.24) is 20.1 Å². The molecule has 0 unspecified atom stereocenters. The van der Waals surface area contributed by atoms with E-state index in [1.807, 2.05) is 23.6 Å². The third-order valence-electron chi connectivity index (χ3n) is 5.57. The van der Waals surface area contributed by atoms with E-state index in [0.29, 0.717) is 30.1 Å². The molecule has 0 atom stereocenters. The van der Waals surface area contributed by atoms with E-state index < -0.39 is 0 Å². The van der Waals surface area contributed by atoms with Crippen molar-refractivity contribution >= 4 is 17.7 Å². The van der Waals surface area contributed by atoms with Crippen molar-refractivity contribution in [3.63, 3.8) is 0 Å². The summed E-state index contributed by atoms with van der Waals surface area (Å²) in [6, 6.07) is 6.33. The molecule has 0 bridgehead atoms. The standard InChI is InChI=1S/C23H32N4O2S/c1-4-14-27-21(15-29-20-13-9-10-17(2)18(20)3)25-26-23(27)30-16-22(28)24-19-11-7-5-6-8-12-19/h4,9-10,13,19H,1,5-8,11-12,14-16H2,2-3H3,(H,24,28). The van der Waals surface area contributed by atoms with Crippen LogP contribution in [-0.2, 0) is 17.9 Å². The summed E-state index contributed by atoms with van der Waals surface area (Å²) in [7, 11) is 0. The predicted molar refractivity (Wildman–Crippen MR) is 121 cm³/mol. The van der Waals surface area contributed by atoms with E-state index in [9.17, 15) is 4.79 Å². The SMILES string of the molecule is C=CCn1c(COc2cccc(C)c2C)nnc1SCC(=O)NC1CCCCCC1. The number of allylic oxidation sites excluding steroid dienone is 1. The van der Waals surface area contributed by atoms with Crippen LogP contribution in [-0.4, -0.2) is 32.5 Å². The topological polar surface area (TPSA) is 69.0 Å². The third-order valence-corrected chi connectivity index (χ3v) is 6.54. The Kier molecular flexibility index (Phi) is 8.37. The molecule has 30 heavy (non-hydrogen) atoms. The number of rotatable bonds is 9. The number of aryl methyl sites for hydroxylation is 1. The molecule has 1 fully saturated rings. The molecule has 3 rings (SSSR count). The smallest absolute Gasteiger partial charge is 0.230 e. The van der Waals surface area contributed by atoms with E-state index in [0.717, 1.165) is 30.0 Å². The van der Waals surface area contributed by atoms with Crippen LogP contribution in [0.15, 0.2) is 36.0 Å². The number of nitrogens with one attached hydrogen (secondary N) is 1. The highest BCUT2D eigenvalue weighted by Crippen LogP contribution is 2.23. The Morgan fingerprint density at radius 3 is 2.77 bits per heavy atom. The van der Waals surface area contributed by atoms with Gasteiger partial charge in [0.05, 0.1) is 5.75 Å². The molecule has 1 aromatic carbocycles. The van der Waals surface area contributed by atoms with Crippen molar-refractivity contribution < 1.29 is 9.53 Å². The van der Waals surface area contributed by atoms with E-state index in [-0.39, 0.29) is 5.91 Å². The van der Waals surface area contributed by atoms with Crippen molar-refractivity contribution in [1.29, 1.82) is 0 Å². The maximum Gasteiger partial charge on any atom is 0.230 e. The van der Waals surface area contributed by atoms with Gasteiger partial charge in [-0.15, -0.1) is 16.8 Å². The van der Waals surface area contributed by atoms with Gasteiger partial charge in [0.25, 0.3) is 0 Å².